The van der Waals surface area contributed by atoms with Gasteiger partial charge in [0.25, 0.3) is 0 Å². The molecule has 14 heavy (non-hydrogen) atoms. The third kappa shape index (κ3) is 2.76. The van der Waals surface area contributed by atoms with Crippen molar-refractivity contribution in [2.75, 3.05) is 0 Å². The minimum absolute atomic E-state index is 0.246. The van der Waals surface area contributed by atoms with Crippen LogP contribution in [-0.2, 0) is 0 Å². The second kappa shape index (κ2) is 4.50. The van der Waals surface area contributed by atoms with Crippen molar-refractivity contribution in [1.82, 2.24) is 0 Å². The molecular formula is C13H20O. The van der Waals surface area contributed by atoms with Gasteiger partial charge in [0.1, 0.15) is 5.75 Å². The topological polar surface area (TPSA) is 9.23 Å². The van der Waals surface area contributed by atoms with Gasteiger partial charge in [-0.1, -0.05) is 26.0 Å². The smallest absolute Gasteiger partial charge is 0.122 e. The van der Waals surface area contributed by atoms with Gasteiger partial charge in [-0.25, -0.2) is 0 Å². The third-order valence-electron chi connectivity index (χ3n) is 2.24. The molecule has 1 aromatic rings. The van der Waals surface area contributed by atoms with Crippen LogP contribution >= 0.6 is 0 Å². The molecule has 0 radical (unpaired) electrons. The molecule has 1 rings (SSSR count). The Hall–Kier alpha value is -0.980. The highest BCUT2D eigenvalue weighted by molar-refractivity contribution is 5.37. The summed E-state index contributed by atoms with van der Waals surface area (Å²) in [5, 5.41) is 0. The van der Waals surface area contributed by atoms with Gasteiger partial charge in [-0.05, 0) is 43.9 Å². The van der Waals surface area contributed by atoms with Gasteiger partial charge >= 0.3 is 0 Å². The number of benzene rings is 1. The van der Waals surface area contributed by atoms with E-state index in [4.69, 9.17) is 4.74 Å². The number of hydrogen-bond acceptors (Lipinski definition) is 1. The predicted octanol–water partition coefficient (Wildman–Crippen LogP) is 3.91. The van der Waals surface area contributed by atoms with Gasteiger partial charge in [-0.15, -0.1) is 0 Å². The molecule has 1 aromatic carbocycles. The molecule has 0 fully saturated rings. The van der Waals surface area contributed by atoms with E-state index in [-0.39, 0.29) is 6.10 Å². The van der Waals surface area contributed by atoms with Crippen LogP contribution in [0.25, 0.3) is 0 Å². The van der Waals surface area contributed by atoms with Crippen LogP contribution in [0.5, 0.6) is 5.75 Å². The molecule has 0 heterocycles. The molecular weight excluding hydrogens is 172 g/mol. The zero-order chi connectivity index (χ0) is 10.7. The van der Waals surface area contributed by atoms with Crippen molar-refractivity contribution in [3.63, 3.8) is 0 Å². The highest BCUT2D eigenvalue weighted by atomic mass is 16.5. The van der Waals surface area contributed by atoms with E-state index in [0.29, 0.717) is 5.92 Å². The van der Waals surface area contributed by atoms with Crippen LogP contribution in [0, 0.1) is 6.92 Å². The first-order valence-corrected chi connectivity index (χ1v) is 5.28. The molecule has 0 aliphatic rings. The minimum Gasteiger partial charge on any atom is -0.491 e. The van der Waals surface area contributed by atoms with Gasteiger partial charge in [-0.3, -0.25) is 0 Å². The second-order valence-electron chi connectivity index (χ2n) is 4.35. The molecule has 0 atom stereocenters. The van der Waals surface area contributed by atoms with Crippen molar-refractivity contribution in [3.8, 4) is 5.75 Å². The van der Waals surface area contributed by atoms with Gasteiger partial charge in [-0.2, -0.15) is 0 Å². The summed E-state index contributed by atoms with van der Waals surface area (Å²) >= 11 is 0. The van der Waals surface area contributed by atoms with Crippen molar-refractivity contribution in [1.29, 1.82) is 0 Å². The van der Waals surface area contributed by atoms with E-state index in [1.807, 2.05) is 0 Å². The maximum Gasteiger partial charge on any atom is 0.122 e. The van der Waals surface area contributed by atoms with E-state index >= 15 is 0 Å². The van der Waals surface area contributed by atoms with Crippen LogP contribution < -0.4 is 4.74 Å². The van der Waals surface area contributed by atoms with Crippen molar-refractivity contribution >= 4 is 0 Å². The quantitative estimate of drug-likeness (QED) is 0.705. The fourth-order valence-electron chi connectivity index (χ4n) is 1.36. The summed E-state index contributed by atoms with van der Waals surface area (Å²) in [6.45, 7) is 10.6. The summed E-state index contributed by atoms with van der Waals surface area (Å²) in [4.78, 5) is 0. The van der Waals surface area contributed by atoms with Crippen LogP contribution in [0.1, 0.15) is 44.7 Å². The number of aryl methyl sites for hydroxylation is 1. The molecule has 1 heteroatoms. The number of rotatable bonds is 3. The summed E-state index contributed by atoms with van der Waals surface area (Å²) in [5.41, 5.74) is 2.55. The molecule has 0 amide bonds. The molecule has 1 nitrogen and oxygen atoms in total. The maximum absolute atomic E-state index is 5.74. The largest absolute Gasteiger partial charge is 0.491 e. The molecule has 0 aromatic heterocycles. The fraction of sp³-hybridized carbons (Fsp3) is 0.538. The van der Waals surface area contributed by atoms with E-state index in [1.54, 1.807) is 0 Å². The average molecular weight is 192 g/mol. The van der Waals surface area contributed by atoms with Crippen molar-refractivity contribution in [2.45, 2.75) is 46.6 Å². The van der Waals surface area contributed by atoms with Crippen molar-refractivity contribution < 1.29 is 4.74 Å². The molecule has 78 valence electrons. The Balaban J connectivity index is 2.96. The Labute approximate surface area is 87.1 Å². The van der Waals surface area contributed by atoms with Crippen molar-refractivity contribution in [2.24, 2.45) is 0 Å². The zero-order valence-corrected chi connectivity index (χ0v) is 9.79. The highest BCUT2D eigenvalue weighted by Crippen LogP contribution is 2.24. The summed E-state index contributed by atoms with van der Waals surface area (Å²) in [7, 11) is 0. The molecule has 0 bridgehead atoms. The Kier molecular flexibility index (Phi) is 3.56. The van der Waals surface area contributed by atoms with E-state index < -0.39 is 0 Å². The maximum atomic E-state index is 5.74. The highest BCUT2D eigenvalue weighted by Gasteiger charge is 2.05. The summed E-state index contributed by atoms with van der Waals surface area (Å²) in [6.07, 6.45) is 0.246. The lowest BCUT2D eigenvalue weighted by molar-refractivity contribution is 0.240. The SMILES string of the molecule is Cc1ccc(C(C)C)cc1OC(C)C. The van der Waals surface area contributed by atoms with Gasteiger partial charge < -0.3 is 4.74 Å². The number of hydrogen-bond donors (Lipinski definition) is 0. The van der Waals surface area contributed by atoms with Crippen LogP contribution in [0.2, 0.25) is 0 Å². The summed E-state index contributed by atoms with van der Waals surface area (Å²) < 4.78 is 5.74. The molecule has 0 unspecified atom stereocenters. The first-order valence-electron chi connectivity index (χ1n) is 5.28. The Morgan fingerprint density at radius 2 is 1.71 bits per heavy atom. The summed E-state index contributed by atoms with van der Waals surface area (Å²) in [6, 6.07) is 6.46. The first-order chi connectivity index (χ1) is 6.50. The standard InChI is InChI=1S/C13H20O/c1-9(2)12-7-6-11(5)13(8-12)14-10(3)4/h6-10H,1-5H3. The lowest BCUT2D eigenvalue weighted by Gasteiger charge is -2.14. The Bertz CT molecular complexity index is 300. The second-order valence-corrected chi connectivity index (χ2v) is 4.35. The normalized spacial score (nSPS) is 11.1. The monoisotopic (exact) mass is 192 g/mol. The average Bonchev–Trinajstić information content (AvgIpc) is 2.07. The van der Waals surface area contributed by atoms with Crippen LogP contribution in [0.4, 0.5) is 0 Å². The van der Waals surface area contributed by atoms with Gasteiger partial charge in [0.05, 0.1) is 6.10 Å². The van der Waals surface area contributed by atoms with E-state index in [9.17, 15) is 0 Å². The molecule has 0 saturated heterocycles. The zero-order valence-electron chi connectivity index (χ0n) is 9.79. The molecule has 0 aliphatic carbocycles. The molecule has 0 N–H and O–H groups in total. The third-order valence-corrected chi connectivity index (χ3v) is 2.24. The first kappa shape index (κ1) is 11.1. The Morgan fingerprint density at radius 1 is 1.07 bits per heavy atom. The van der Waals surface area contributed by atoms with Crippen LogP contribution in [0.15, 0.2) is 18.2 Å². The molecule has 0 aliphatic heterocycles. The van der Waals surface area contributed by atoms with Gasteiger partial charge in [0, 0.05) is 0 Å². The lowest BCUT2D eigenvalue weighted by Crippen LogP contribution is -2.07. The van der Waals surface area contributed by atoms with Gasteiger partial charge in [0.2, 0.25) is 0 Å². The van der Waals surface area contributed by atoms with Crippen LogP contribution in [-0.4, -0.2) is 6.10 Å². The van der Waals surface area contributed by atoms with Crippen LogP contribution in [0.3, 0.4) is 0 Å². The molecule has 0 spiro atoms. The Morgan fingerprint density at radius 3 is 2.21 bits per heavy atom. The summed E-state index contributed by atoms with van der Waals surface area (Å²) in [5.74, 6) is 1.58. The predicted molar refractivity (Wildman–Crippen MR) is 61.0 cm³/mol. The lowest BCUT2D eigenvalue weighted by atomic mass is 10.0. The number of ether oxygens (including phenoxy) is 1. The fourth-order valence-corrected chi connectivity index (χ4v) is 1.36. The van der Waals surface area contributed by atoms with E-state index in [0.717, 1.165) is 5.75 Å². The minimum atomic E-state index is 0.246. The van der Waals surface area contributed by atoms with E-state index in [2.05, 4.69) is 52.8 Å². The van der Waals surface area contributed by atoms with Crippen molar-refractivity contribution in [3.05, 3.63) is 29.3 Å². The van der Waals surface area contributed by atoms with E-state index in [1.165, 1.54) is 11.1 Å². The van der Waals surface area contributed by atoms with Gasteiger partial charge in [0.15, 0.2) is 0 Å². The molecule has 0 saturated carbocycles.